The van der Waals surface area contributed by atoms with Crippen molar-refractivity contribution in [3.8, 4) is 11.4 Å². The Bertz CT molecular complexity index is 1510. The number of fused-ring (bicyclic) bond motifs is 3. The summed E-state index contributed by atoms with van der Waals surface area (Å²) >= 11 is 1.25. The zero-order valence-corrected chi connectivity index (χ0v) is 18.5. The van der Waals surface area contributed by atoms with E-state index in [0.29, 0.717) is 39.0 Å². The number of aromatic nitrogens is 4. The lowest BCUT2D eigenvalue weighted by Gasteiger charge is -2.11. The minimum atomic E-state index is -0.178. The molecule has 1 N–H and O–H groups in total. The molecule has 9 heteroatoms. The van der Waals surface area contributed by atoms with Crippen LogP contribution in [0.2, 0.25) is 0 Å². The van der Waals surface area contributed by atoms with Crippen LogP contribution in [0, 0.1) is 0 Å². The summed E-state index contributed by atoms with van der Waals surface area (Å²) in [6.07, 6.45) is 0. The maximum Gasteiger partial charge on any atom is 0.267 e. The average Bonchev–Trinajstić information content (AvgIpc) is 3.28. The maximum absolute atomic E-state index is 13.3. The highest BCUT2D eigenvalue weighted by atomic mass is 32.2. The normalized spacial score (nSPS) is 11.1. The van der Waals surface area contributed by atoms with Gasteiger partial charge in [-0.05, 0) is 48.5 Å². The molecule has 0 radical (unpaired) electrons. The molecule has 0 spiro atoms. The Hall–Kier alpha value is -4.11. The van der Waals surface area contributed by atoms with E-state index in [4.69, 9.17) is 4.74 Å². The minimum absolute atomic E-state index is 0.131. The number of benzene rings is 3. The molecule has 0 unspecified atom stereocenters. The van der Waals surface area contributed by atoms with Crippen LogP contribution in [0.3, 0.4) is 0 Å². The third kappa shape index (κ3) is 3.94. The Balaban J connectivity index is 1.50. The molecule has 33 heavy (non-hydrogen) atoms. The molecule has 164 valence electrons. The standard InChI is InChI=1S/C24H19N5O3S/c1-32-18-13-11-16(12-14-18)25-21(30)15-33-24-27-26-23-28(17-7-3-2-4-8-17)22(31)19-9-5-6-10-20(19)29(23)24/h2-14H,15H2,1H3,(H,25,30). The molecule has 2 heterocycles. The van der Waals surface area contributed by atoms with Crippen molar-refractivity contribution in [3.63, 3.8) is 0 Å². The van der Waals surface area contributed by atoms with Crippen LogP contribution in [0.5, 0.6) is 5.75 Å². The first-order chi connectivity index (χ1) is 16.2. The van der Waals surface area contributed by atoms with Gasteiger partial charge in [0.1, 0.15) is 5.75 Å². The van der Waals surface area contributed by atoms with Crippen LogP contribution in [0.25, 0.3) is 22.4 Å². The molecule has 0 fully saturated rings. The quantitative estimate of drug-likeness (QED) is 0.391. The summed E-state index contributed by atoms with van der Waals surface area (Å²) in [6, 6.07) is 23.7. The average molecular weight is 458 g/mol. The second-order valence-electron chi connectivity index (χ2n) is 7.18. The third-order valence-corrected chi connectivity index (χ3v) is 6.04. The zero-order valence-electron chi connectivity index (χ0n) is 17.6. The van der Waals surface area contributed by atoms with E-state index in [-0.39, 0.29) is 17.2 Å². The molecule has 0 aliphatic heterocycles. The molecular weight excluding hydrogens is 438 g/mol. The van der Waals surface area contributed by atoms with Crippen LogP contribution in [-0.2, 0) is 4.79 Å². The molecule has 3 aromatic carbocycles. The van der Waals surface area contributed by atoms with Gasteiger partial charge in [0.25, 0.3) is 5.56 Å². The van der Waals surface area contributed by atoms with Crippen LogP contribution in [0.15, 0.2) is 88.8 Å². The van der Waals surface area contributed by atoms with Gasteiger partial charge in [-0.3, -0.25) is 14.0 Å². The number of hydrogen-bond donors (Lipinski definition) is 1. The molecular formula is C24H19N5O3S. The molecule has 0 saturated carbocycles. The number of rotatable bonds is 6. The van der Waals surface area contributed by atoms with Crippen molar-refractivity contribution in [2.45, 2.75) is 5.16 Å². The fourth-order valence-corrected chi connectivity index (χ4v) is 4.32. The highest BCUT2D eigenvalue weighted by molar-refractivity contribution is 7.99. The first-order valence-electron chi connectivity index (χ1n) is 10.2. The number of nitrogens with zero attached hydrogens (tertiary/aromatic N) is 4. The minimum Gasteiger partial charge on any atom is -0.497 e. The molecule has 5 rings (SSSR count). The van der Waals surface area contributed by atoms with E-state index < -0.39 is 0 Å². The Labute approximate surface area is 192 Å². The summed E-state index contributed by atoms with van der Waals surface area (Å²) in [5.41, 5.74) is 1.88. The Morgan fingerprint density at radius 1 is 0.970 bits per heavy atom. The number of thioether (sulfide) groups is 1. The van der Waals surface area contributed by atoms with E-state index in [1.807, 2.05) is 52.9 Å². The van der Waals surface area contributed by atoms with Crippen LogP contribution < -0.4 is 15.6 Å². The summed E-state index contributed by atoms with van der Waals surface area (Å²) in [4.78, 5) is 25.8. The number of nitrogens with one attached hydrogen (secondary N) is 1. The second-order valence-corrected chi connectivity index (χ2v) is 8.12. The van der Waals surface area contributed by atoms with Gasteiger partial charge in [-0.15, -0.1) is 10.2 Å². The number of anilines is 1. The number of amides is 1. The van der Waals surface area contributed by atoms with E-state index in [9.17, 15) is 9.59 Å². The predicted molar refractivity (Wildman–Crippen MR) is 128 cm³/mol. The van der Waals surface area contributed by atoms with E-state index in [0.717, 1.165) is 0 Å². The molecule has 5 aromatic rings. The molecule has 8 nitrogen and oxygen atoms in total. The molecule has 0 bridgehead atoms. The van der Waals surface area contributed by atoms with Crippen molar-refractivity contribution < 1.29 is 9.53 Å². The van der Waals surface area contributed by atoms with Gasteiger partial charge in [0, 0.05) is 5.69 Å². The first-order valence-corrected chi connectivity index (χ1v) is 11.2. The summed E-state index contributed by atoms with van der Waals surface area (Å²) in [7, 11) is 1.59. The van der Waals surface area contributed by atoms with Gasteiger partial charge in [0.15, 0.2) is 5.16 Å². The van der Waals surface area contributed by atoms with E-state index in [2.05, 4.69) is 15.5 Å². The van der Waals surface area contributed by atoms with Gasteiger partial charge in [0.05, 0.1) is 29.5 Å². The summed E-state index contributed by atoms with van der Waals surface area (Å²) in [5.74, 6) is 1.06. The lowest BCUT2D eigenvalue weighted by atomic mass is 10.2. The lowest BCUT2D eigenvalue weighted by molar-refractivity contribution is -0.113. The smallest absolute Gasteiger partial charge is 0.267 e. The summed E-state index contributed by atoms with van der Waals surface area (Å²) < 4.78 is 8.49. The van der Waals surface area contributed by atoms with Gasteiger partial charge in [-0.1, -0.05) is 42.1 Å². The monoisotopic (exact) mass is 457 g/mol. The molecule has 1 amide bonds. The number of methoxy groups -OCH3 is 1. The number of para-hydroxylation sites is 2. The summed E-state index contributed by atoms with van der Waals surface area (Å²) in [6.45, 7) is 0. The van der Waals surface area contributed by atoms with Gasteiger partial charge < -0.3 is 10.1 Å². The van der Waals surface area contributed by atoms with E-state index >= 15 is 0 Å². The Morgan fingerprint density at radius 2 is 1.70 bits per heavy atom. The topological polar surface area (TPSA) is 90.5 Å². The van der Waals surface area contributed by atoms with Crippen LogP contribution >= 0.6 is 11.8 Å². The van der Waals surface area contributed by atoms with E-state index in [1.54, 1.807) is 37.4 Å². The highest BCUT2D eigenvalue weighted by Crippen LogP contribution is 2.23. The SMILES string of the molecule is COc1ccc(NC(=O)CSc2nnc3n(-c4ccccc4)c(=O)c4ccccc4n23)cc1. The Morgan fingerprint density at radius 3 is 2.45 bits per heavy atom. The van der Waals surface area contributed by atoms with Crippen LogP contribution in [0.4, 0.5) is 5.69 Å². The van der Waals surface area contributed by atoms with Crippen molar-refractivity contribution >= 4 is 40.0 Å². The molecule has 2 aromatic heterocycles. The fraction of sp³-hybridized carbons (Fsp3) is 0.0833. The van der Waals surface area contributed by atoms with Crippen molar-refractivity contribution in [2.24, 2.45) is 0 Å². The van der Waals surface area contributed by atoms with Gasteiger partial charge in [-0.2, -0.15) is 0 Å². The summed E-state index contributed by atoms with van der Waals surface area (Å²) in [5, 5.41) is 12.5. The van der Waals surface area contributed by atoms with Crippen LogP contribution in [-0.4, -0.2) is 37.9 Å². The Kier molecular flexibility index (Phi) is 5.54. The number of carbonyl (C=O) groups excluding carboxylic acids is 1. The maximum atomic E-state index is 13.3. The third-order valence-electron chi connectivity index (χ3n) is 5.12. The number of ether oxygens (including phenoxy) is 1. The molecule has 0 aliphatic carbocycles. The molecule has 0 aliphatic rings. The van der Waals surface area contributed by atoms with Crippen molar-refractivity contribution in [3.05, 3.63) is 89.2 Å². The second kappa shape index (κ2) is 8.79. The lowest BCUT2D eigenvalue weighted by Crippen LogP contribution is -2.21. The zero-order chi connectivity index (χ0) is 22.8. The first kappa shape index (κ1) is 20.8. The highest BCUT2D eigenvalue weighted by Gasteiger charge is 2.18. The predicted octanol–water partition coefficient (Wildman–Crippen LogP) is 3.77. The van der Waals surface area contributed by atoms with Gasteiger partial charge in [0.2, 0.25) is 11.7 Å². The van der Waals surface area contributed by atoms with Crippen molar-refractivity contribution in [2.75, 3.05) is 18.2 Å². The van der Waals surface area contributed by atoms with Crippen molar-refractivity contribution in [1.29, 1.82) is 0 Å². The largest absolute Gasteiger partial charge is 0.497 e. The van der Waals surface area contributed by atoms with Crippen molar-refractivity contribution in [1.82, 2.24) is 19.2 Å². The molecule has 0 atom stereocenters. The van der Waals surface area contributed by atoms with Gasteiger partial charge in [-0.25, -0.2) is 4.57 Å². The fourth-order valence-electron chi connectivity index (χ4n) is 3.58. The van der Waals surface area contributed by atoms with E-state index in [1.165, 1.54) is 16.3 Å². The number of hydrogen-bond acceptors (Lipinski definition) is 6. The van der Waals surface area contributed by atoms with Gasteiger partial charge >= 0.3 is 0 Å². The van der Waals surface area contributed by atoms with Crippen LogP contribution in [0.1, 0.15) is 0 Å². The molecule has 0 saturated heterocycles. The number of carbonyl (C=O) groups is 1.